The quantitative estimate of drug-likeness (QED) is 0.248. The van der Waals surface area contributed by atoms with Crippen LogP contribution in [0.1, 0.15) is 44.0 Å². The molecule has 0 saturated heterocycles. The zero-order valence-corrected chi connectivity index (χ0v) is 21.9. The third kappa shape index (κ3) is 3.75. The highest BCUT2D eigenvalue weighted by Gasteiger charge is 2.39. The molecule has 0 fully saturated rings. The summed E-state index contributed by atoms with van der Waals surface area (Å²) in [6.07, 6.45) is 3.97. The summed E-state index contributed by atoms with van der Waals surface area (Å²) >= 11 is 0. The fourth-order valence-corrected chi connectivity index (χ4v) is 5.91. The van der Waals surface area contributed by atoms with Crippen molar-refractivity contribution < 1.29 is 19.2 Å². The predicted octanol–water partition coefficient (Wildman–Crippen LogP) is 4.20. The predicted molar refractivity (Wildman–Crippen MR) is 146 cm³/mol. The highest BCUT2D eigenvalue weighted by Crippen LogP contribution is 2.42. The molecule has 6 rings (SSSR count). The second-order valence-corrected chi connectivity index (χ2v) is 11.0. The summed E-state index contributed by atoms with van der Waals surface area (Å²) in [6.45, 7) is 6.27. The number of hydrogen-bond acceptors (Lipinski definition) is 4. The Balaban J connectivity index is 1.56. The Kier molecular flexibility index (Phi) is 5.54. The van der Waals surface area contributed by atoms with Gasteiger partial charge in [0, 0.05) is 58.4 Å². The molecule has 0 radical (unpaired) electrons. The van der Waals surface area contributed by atoms with Crippen LogP contribution >= 0.6 is 0 Å². The number of para-hydroxylation sites is 2. The van der Waals surface area contributed by atoms with Gasteiger partial charge in [-0.15, -0.1) is 0 Å². The van der Waals surface area contributed by atoms with Crippen molar-refractivity contribution in [3.05, 3.63) is 71.5 Å². The largest absolute Gasteiger partial charge is 0.350 e. The summed E-state index contributed by atoms with van der Waals surface area (Å²) in [5.41, 5.74) is 4.77. The van der Waals surface area contributed by atoms with Crippen molar-refractivity contribution in [2.75, 3.05) is 0 Å². The number of rotatable bonds is 5. The number of hydrogen-bond donors (Lipinski definition) is 1. The molecule has 2 aromatic heterocycles. The third-order valence-electron chi connectivity index (χ3n) is 7.38. The van der Waals surface area contributed by atoms with E-state index in [0.29, 0.717) is 30.5 Å². The molecule has 1 unspecified atom stereocenters. The van der Waals surface area contributed by atoms with Crippen LogP contribution in [0, 0.1) is 0 Å². The Labute approximate surface area is 220 Å². The van der Waals surface area contributed by atoms with Gasteiger partial charge in [0.1, 0.15) is 0 Å². The maximum atomic E-state index is 13.4. The Hall–Kier alpha value is -4.17. The minimum atomic E-state index is -0.508. The third-order valence-corrected chi connectivity index (χ3v) is 7.38. The van der Waals surface area contributed by atoms with Gasteiger partial charge in [0.15, 0.2) is 0 Å². The minimum Gasteiger partial charge on any atom is -0.350 e. The number of fused-ring (bicyclic) bond motifs is 4. The maximum Gasteiger partial charge on any atom is 0.259 e. The van der Waals surface area contributed by atoms with Gasteiger partial charge in [0.25, 0.3) is 11.8 Å². The molecule has 8 nitrogen and oxygen atoms in total. The zero-order chi connectivity index (χ0) is 26.8. The van der Waals surface area contributed by atoms with Crippen LogP contribution < -0.4 is 5.32 Å². The summed E-state index contributed by atoms with van der Waals surface area (Å²) < 4.78 is 4.15. The zero-order valence-electron chi connectivity index (χ0n) is 21.9. The molecule has 2 aromatic carbocycles. The van der Waals surface area contributed by atoms with Gasteiger partial charge in [-0.05, 0) is 45.7 Å². The molecule has 0 spiro atoms. The Bertz CT molecular complexity index is 1670. The van der Waals surface area contributed by atoms with Crippen LogP contribution in [0.4, 0.5) is 0 Å². The van der Waals surface area contributed by atoms with E-state index >= 15 is 0 Å². The number of carbonyl (C=O) groups excluding carboxylic acids is 3. The van der Waals surface area contributed by atoms with Crippen molar-refractivity contribution in [2.24, 2.45) is 7.05 Å². The first-order chi connectivity index (χ1) is 18.2. The van der Waals surface area contributed by atoms with E-state index in [1.54, 1.807) is 0 Å². The second kappa shape index (κ2) is 8.70. The van der Waals surface area contributed by atoms with Crippen LogP contribution in [-0.2, 0) is 39.2 Å². The van der Waals surface area contributed by atoms with E-state index in [9.17, 15) is 14.4 Å². The van der Waals surface area contributed by atoms with Gasteiger partial charge in [0.05, 0.1) is 22.8 Å². The van der Waals surface area contributed by atoms with Crippen LogP contribution in [0.25, 0.3) is 33.0 Å². The molecule has 1 N–H and O–H groups in total. The minimum absolute atomic E-state index is 0.159. The van der Waals surface area contributed by atoms with E-state index in [0.717, 1.165) is 45.0 Å². The summed E-state index contributed by atoms with van der Waals surface area (Å²) in [6, 6.07) is 15.7. The van der Waals surface area contributed by atoms with E-state index in [-0.39, 0.29) is 17.9 Å². The molecule has 2 aliphatic heterocycles. The summed E-state index contributed by atoms with van der Waals surface area (Å²) in [5.74, 6) is -0.769. The Morgan fingerprint density at radius 2 is 1.63 bits per heavy atom. The number of aryl methyl sites for hydroxylation is 1. The number of carbonyl (C=O) groups is 3. The molecule has 1 atom stereocenters. The molecular weight excluding hydrogens is 480 g/mol. The van der Waals surface area contributed by atoms with Gasteiger partial charge >= 0.3 is 0 Å². The number of benzene rings is 2. The molecule has 194 valence electrons. The summed E-state index contributed by atoms with van der Waals surface area (Å²) in [7, 11) is 1.94. The first kappa shape index (κ1) is 24.2. The van der Waals surface area contributed by atoms with Crippen molar-refractivity contribution in [2.45, 2.75) is 51.8 Å². The van der Waals surface area contributed by atoms with Gasteiger partial charge in [-0.25, -0.2) is 5.06 Å². The number of amides is 3. The van der Waals surface area contributed by atoms with Crippen LogP contribution in [0.5, 0.6) is 0 Å². The summed E-state index contributed by atoms with van der Waals surface area (Å²) in [5, 5.41) is 5.82. The lowest BCUT2D eigenvalue weighted by Gasteiger charge is -2.36. The second-order valence-electron chi connectivity index (χ2n) is 11.0. The summed E-state index contributed by atoms with van der Waals surface area (Å²) in [4.78, 5) is 44.6. The maximum absolute atomic E-state index is 13.4. The van der Waals surface area contributed by atoms with Crippen molar-refractivity contribution >= 4 is 51.2 Å². The van der Waals surface area contributed by atoms with Crippen molar-refractivity contribution in [3.8, 4) is 0 Å². The monoisotopic (exact) mass is 510 g/mol. The number of nitrogens with zero attached hydrogens (tertiary/aromatic N) is 3. The molecule has 4 aromatic rings. The van der Waals surface area contributed by atoms with Crippen molar-refractivity contribution in [1.29, 1.82) is 0 Å². The molecule has 2 aliphatic rings. The molecule has 0 saturated carbocycles. The number of hydroxylamine groups is 2. The molecule has 3 amide bonds. The lowest BCUT2D eigenvalue weighted by Crippen LogP contribution is -2.44. The Morgan fingerprint density at radius 3 is 2.34 bits per heavy atom. The molecule has 38 heavy (non-hydrogen) atoms. The van der Waals surface area contributed by atoms with Crippen LogP contribution in [0.2, 0.25) is 0 Å². The topological polar surface area (TPSA) is 85.6 Å². The highest BCUT2D eigenvalue weighted by atomic mass is 16.7. The fourth-order valence-electron chi connectivity index (χ4n) is 5.91. The van der Waals surface area contributed by atoms with Gasteiger partial charge in [-0.3, -0.25) is 24.5 Å². The first-order valence-electron chi connectivity index (χ1n) is 12.9. The normalized spacial score (nSPS) is 17.8. The van der Waals surface area contributed by atoms with Gasteiger partial charge < -0.3 is 9.13 Å². The Morgan fingerprint density at radius 1 is 0.974 bits per heavy atom. The highest BCUT2D eigenvalue weighted by molar-refractivity contribution is 6.51. The number of nitrogens with one attached hydrogen (secondary N) is 1. The van der Waals surface area contributed by atoms with Gasteiger partial charge in [-0.1, -0.05) is 36.4 Å². The van der Waals surface area contributed by atoms with Crippen LogP contribution in [-0.4, -0.2) is 44.1 Å². The van der Waals surface area contributed by atoms with E-state index in [1.807, 2.05) is 87.1 Å². The van der Waals surface area contributed by atoms with E-state index in [2.05, 4.69) is 9.88 Å². The van der Waals surface area contributed by atoms with Crippen molar-refractivity contribution in [3.63, 3.8) is 0 Å². The molecule has 0 aliphatic carbocycles. The lowest BCUT2D eigenvalue weighted by atomic mass is 9.92. The average molecular weight is 511 g/mol. The SMILES string of the molecule is Cn1cc(C2=C(c3c4n(c5ccccc35)CC(N(C=O)OC(C)(C)C)CC4)C(=O)NC2=O)c2ccccc21. The molecular formula is C30H30N4O4. The van der Waals surface area contributed by atoms with Gasteiger partial charge in [-0.2, -0.15) is 0 Å². The number of imide groups is 1. The number of aromatic nitrogens is 2. The van der Waals surface area contributed by atoms with E-state index in [4.69, 9.17) is 4.84 Å². The van der Waals surface area contributed by atoms with Crippen molar-refractivity contribution in [1.82, 2.24) is 19.5 Å². The van der Waals surface area contributed by atoms with E-state index in [1.165, 1.54) is 5.06 Å². The molecule has 8 heteroatoms. The lowest BCUT2D eigenvalue weighted by molar-refractivity contribution is -0.235. The standard InChI is InChI=1S/C30H30N4O4/c1-30(2,3)38-34(17-35)18-13-14-24-25(20-10-6-8-12-23(20)33(24)15-18)27-26(28(36)31-29(27)37)21-16-32(4)22-11-7-5-9-19(21)22/h5-12,16-18H,13-15H2,1-4H3,(H,31,36,37). The average Bonchev–Trinajstić information content (AvgIpc) is 3.49. The van der Waals surface area contributed by atoms with E-state index < -0.39 is 5.60 Å². The molecule has 4 heterocycles. The smallest absolute Gasteiger partial charge is 0.259 e. The molecule has 0 bridgehead atoms. The van der Waals surface area contributed by atoms with Crippen LogP contribution in [0.3, 0.4) is 0 Å². The van der Waals surface area contributed by atoms with Gasteiger partial charge in [0.2, 0.25) is 6.41 Å². The first-order valence-corrected chi connectivity index (χ1v) is 12.9. The van der Waals surface area contributed by atoms with Crippen LogP contribution in [0.15, 0.2) is 54.7 Å². The fraction of sp³-hybridized carbons (Fsp3) is 0.300.